The lowest BCUT2D eigenvalue weighted by atomic mass is 9.96. The van der Waals surface area contributed by atoms with Gasteiger partial charge in [0.25, 0.3) is 0 Å². The summed E-state index contributed by atoms with van der Waals surface area (Å²) >= 11 is 5.91. The minimum atomic E-state index is -0.0314. The first-order valence-corrected chi connectivity index (χ1v) is 8.99. The Morgan fingerprint density at radius 2 is 2.15 bits per heavy atom. The molecule has 0 bridgehead atoms. The molecule has 1 aliphatic rings. The van der Waals surface area contributed by atoms with Gasteiger partial charge in [-0.2, -0.15) is 4.98 Å². The van der Waals surface area contributed by atoms with Gasteiger partial charge in [0.2, 0.25) is 17.6 Å². The molecule has 1 N–H and O–H groups in total. The SMILES string of the molecule is CNCC(C)C(=O)N1CCCC(c2nc(-c3ccc(Cl)cc3)no2)C1.Cl. The number of carbonyl (C=O) groups excluding carboxylic acids is 1. The van der Waals surface area contributed by atoms with Crippen LogP contribution >= 0.6 is 24.0 Å². The molecule has 1 amide bonds. The number of aromatic nitrogens is 2. The molecule has 1 aliphatic heterocycles. The summed E-state index contributed by atoms with van der Waals surface area (Å²) in [5.74, 6) is 1.39. The van der Waals surface area contributed by atoms with Gasteiger partial charge >= 0.3 is 0 Å². The fraction of sp³-hybridized carbons (Fsp3) is 0.500. The molecule has 1 saturated heterocycles. The second-order valence-corrected chi connectivity index (χ2v) is 6.98. The molecule has 1 fully saturated rings. The topological polar surface area (TPSA) is 71.3 Å². The quantitative estimate of drug-likeness (QED) is 0.835. The summed E-state index contributed by atoms with van der Waals surface area (Å²) in [7, 11) is 1.86. The van der Waals surface area contributed by atoms with E-state index in [0.717, 1.165) is 24.9 Å². The maximum atomic E-state index is 12.5. The number of rotatable bonds is 5. The van der Waals surface area contributed by atoms with Gasteiger partial charge in [-0.1, -0.05) is 23.7 Å². The Labute approximate surface area is 164 Å². The van der Waals surface area contributed by atoms with Gasteiger partial charge in [-0.15, -0.1) is 12.4 Å². The predicted molar refractivity (Wildman–Crippen MR) is 104 cm³/mol. The zero-order valence-electron chi connectivity index (χ0n) is 14.9. The molecular weight excluding hydrogens is 375 g/mol. The average molecular weight is 399 g/mol. The van der Waals surface area contributed by atoms with Crippen molar-refractivity contribution < 1.29 is 9.32 Å². The van der Waals surface area contributed by atoms with Crippen molar-refractivity contribution in [1.82, 2.24) is 20.4 Å². The molecule has 1 aromatic carbocycles. The van der Waals surface area contributed by atoms with Crippen molar-refractivity contribution in [1.29, 1.82) is 0 Å². The highest BCUT2D eigenvalue weighted by molar-refractivity contribution is 6.30. The number of carbonyl (C=O) groups is 1. The third kappa shape index (κ3) is 4.75. The molecule has 2 unspecified atom stereocenters. The molecule has 2 heterocycles. The largest absolute Gasteiger partial charge is 0.342 e. The summed E-state index contributed by atoms with van der Waals surface area (Å²) in [6.45, 7) is 4.06. The summed E-state index contributed by atoms with van der Waals surface area (Å²) in [6, 6.07) is 7.34. The number of piperidine rings is 1. The summed E-state index contributed by atoms with van der Waals surface area (Å²) in [6.07, 6.45) is 1.90. The molecule has 8 heteroatoms. The van der Waals surface area contributed by atoms with Crippen molar-refractivity contribution in [3.8, 4) is 11.4 Å². The van der Waals surface area contributed by atoms with Gasteiger partial charge in [-0.3, -0.25) is 4.79 Å². The van der Waals surface area contributed by atoms with Crippen LogP contribution in [0.3, 0.4) is 0 Å². The zero-order chi connectivity index (χ0) is 17.8. The van der Waals surface area contributed by atoms with Crippen molar-refractivity contribution in [2.24, 2.45) is 5.92 Å². The maximum Gasteiger partial charge on any atom is 0.231 e. The molecule has 2 atom stereocenters. The lowest BCUT2D eigenvalue weighted by Crippen LogP contribution is -2.43. The molecule has 0 saturated carbocycles. The van der Waals surface area contributed by atoms with Gasteiger partial charge in [-0.05, 0) is 44.2 Å². The van der Waals surface area contributed by atoms with E-state index in [2.05, 4.69) is 15.5 Å². The van der Waals surface area contributed by atoms with Crippen LogP contribution in [0.4, 0.5) is 0 Å². The van der Waals surface area contributed by atoms with Crippen molar-refractivity contribution >= 4 is 29.9 Å². The minimum Gasteiger partial charge on any atom is -0.342 e. The summed E-state index contributed by atoms with van der Waals surface area (Å²) < 4.78 is 5.48. The number of benzene rings is 1. The van der Waals surface area contributed by atoms with Crippen LogP contribution in [-0.4, -0.2) is 47.6 Å². The van der Waals surface area contributed by atoms with Crippen LogP contribution in [0, 0.1) is 5.92 Å². The van der Waals surface area contributed by atoms with E-state index in [9.17, 15) is 4.79 Å². The number of halogens is 2. The Kier molecular flexibility index (Phi) is 7.43. The number of nitrogens with zero attached hydrogens (tertiary/aromatic N) is 3. The first-order valence-electron chi connectivity index (χ1n) is 8.61. The van der Waals surface area contributed by atoms with Gasteiger partial charge in [-0.25, -0.2) is 0 Å². The third-order valence-electron chi connectivity index (χ3n) is 4.56. The normalized spacial score (nSPS) is 18.3. The van der Waals surface area contributed by atoms with Crippen LogP contribution < -0.4 is 5.32 Å². The predicted octanol–water partition coefficient (Wildman–Crippen LogP) is 3.37. The highest BCUT2D eigenvalue weighted by Crippen LogP contribution is 2.28. The van der Waals surface area contributed by atoms with E-state index in [4.69, 9.17) is 16.1 Å². The number of hydrogen-bond acceptors (Lipinski definition) is 5. The average Bonchev–Trinajstić information content (AvgIpc) is 3.12. The number of amides is 1. The van der Waals surface area contributed by atoms with Crippen molar-refractivity contribution in [2.45, 2.75) is 25.7 Å². The number of likely N-dealkylation sites (tertiary alicyclic amines) is 1. The Hall–Kier alpha value is -1.63. The second kappa shape index (κ2) is 9.35. The van der Waals surface area contributed by atoms with Crippen LogP contribution in [0.5, 0.6) is 0 Å². The maximum absolute atomic E-state index is 12.5. The van der Waals surface area contributed by atoms with Gasteiger partial charge in [0.05, 0.1) is 5.92 Å². The van der Waals surface area contributed by atoms with Crippen LogP contribution in [0.2, 0.25) is 5.02 Å². The third-order valence-corrected chi connectivity index (χ3v) is 4.81. The molecule has 0 spiro atoms. The van der Waals surface area contributed by atoms with Crippen molar-refractivity contribution in [3.63, 3.8) is 0 Å². The van der Waals surface area contributed by atoms with E-state index in [1.807, 2.05) is 31.0 Å². The standard InChI is InChI=1S/C18H23ClN4O2.ClH/c1-12(10-20-2)18(24)23-9-3-4-14(11-23)17-21-16(22-25-17)13-5-7-15(19)8-6-13;/h5-8,12,14,20H,3-4,9-11H2,1-2H3;1H. The molecule has 0 aliphatic carbocycles. The molecular formula is C18H24Cl2N4O2. The van der Waals surface area contributed by atoms with Crippen molar-refractivity contribution in [3.05, 3.63) is 35.2 Å². The fourth-order valence-electron chi connectivity index (χ4n) is 3.20. The van der Waals surface area contributed by atoms with E-state index >= 15 is 0 Å². The first kappa shape index (κ1) is 20.7. The lowest BCUT2D eigenvalue weighted by molar-refractivity contribution is -0.136. The Morgan fingerprint density at radius 1 is 1.42 bits per heavy atom. The van der Waals surface area contributed by atoms with Crippen LogP contribution in [0.25, 0.3) is 11.4 Å². The van der Waals surface area contributed by atoms with E-state index in [1.54, 1.807) is 12.1 Å². The minimum absolute atomic E-state index is 0. The molecule has 2 aromatic rings. The zero-order valence-corrected chi connectivity index (χ0v) is 16.5. The van der Waals surface area contributed by atoms with Gasteiger partial charge in [0.1, 0.15) is 0 Å². The van der Waals surface area contributed by atoms with Crippen LogP contribution in [-0.2, 0) is 4.79 Å². The van der Waals surface area contributed by atoms with Gasteiger partial charge < -0.3 is 14.7 Å². The summed E-state index contributed by atoms with van der Waals surface area (Å²) in [5, 5.41) is 7.81. The molecule has 142 valence electrons. The van der Waals surface area contributed by atoms with E-state index in [1.165, 1.54) is 0 Å². The Morgan fingerprint density at radius 3 is 2.85 bits per heavy atom. The number of hydrogen-bond donors (Lipinski definition) is 1. The molecule has 26 heavy (non-hydrogen) atoms. The monoisotopic (exact) mass is 398 g/mol. The second-order valence-electron chi connectivity index (χ2n) is 6.55. The van der Waals surface area contributed by atoms with E-state index in [-0.39, 0.29) is 30.2 Å². The van der Waals surface area contributed by atoms with Gasteiger partial charge in [0, 0.05) is 36.1 Å². The Balaban J connectivity index is 0.00000243. The van der Waals surface area contributed by atoms with Crippen molar-refractivity contribution in [2.75, 3.05) is 26.7 Å². The van der Waals surface area contributed by atoms with E-state index in [0.29, 0.717) is 29.8 Å². The smallest absolute Gasteiger partial charge is 0.231 e. The lowest BCUT2D eigenvalue weighted by Gasteiger charge is -2.32. The molecule has 6 nitrogen and oxygen atoms in total. The van der Waals surface area contributed by atoms with Gasteiger partial charge in [0.15, 0.2) is 0 Å². The highest BCUT2D eigenvalue weighted by atomic mass is 35.5. The summed E-state index contributed by atoms with van der Waals surface area (Å²) in [5.41, 5.74) is 0.866. The van der Waals surface area contributed by atoms with E-state index < -0.39 is 0 Å². The molecule has 1 aromatic heterocycles. The molecule has 0 radical (unpaired) electrons. The molecule has 3 rings (SSSR count). The number of nitrogens with one attached hydrogen (secondary N) is 1. The Bertz CT molecular complexity index is 720. The van der Waals surface area contributed by atoms with Crippen LogP contribution in [0.1, 0.15) is 31.6 Å². The first-order chi connectivity index (χ1) is 12.1. The highest BCUT2D eigenvalue weighted by Gasteiger charge is 2.30. The fourth-order valence-corrected chi connectivity index (χ4v) is 3.33. The van der Waals surface area contributed by atoms with Crippen LogP contribution in [0.15, 0.2) is 28.8 Å². The summed E-state index contributed by atoms with van der Waals surface area (Å²) in [4.78, 5) is 19.0.